The molecule has 0 aliphatic rings. The van der Waals surface area contributed by atoms with Crippen molar-refractivity contribution in [2.45, 2.75) is 25.7 Å². The van der Waals surface area contributed by atoms with Gasteiger partial charge in [-0.1, -0.05) is 43.0 Å². The molecule has 0 saturated carbocycles. The lowest BCUT2D eigenvalue weighted by Gasteiger charge is -2.35. The molecule has 0 atom stereocenters. The zero-order valence-corrected chi connectivity index (χ0v) is 13.0. The summed E-state index contributed by atoms with van der Waals surface area (Å²) in [4.78, 5) is 2.96. The molecule has 0 spiro atoms. The van der Waals surface area contributed by atoms with Gasteiger partial charge in [-0.05, 0) is 60.3 Å². The van der Waals surface area contributed by atoms with E-state index in [0.717, 1.165) is 0 Å². The van der Waals surface area contributed by atoms with Crippen LogP contribution in [-0.4, -0.2) is 12.5 Å². The summed E-state index contributed by atoms with van der Waals surface area (Å²) < 4.78 is 0. The highest BCUT2D eigenvalue weighted by Gasteiger charge is 2.19. The maximum absolute atomic E-state index is 3.72. The van der Waals surface area contributed by atoms with Gasteiger partial charge in [-0.3, -0.25) is 0 Å². The van der Waals surface area contributed by atoms with Crippen LogP contribution in [0, 0.1) is 6.92 Å². The summed E-state index contributed by atoms with van der Waals surface area (Å²) in [6.07, 6.45) is 10.7. The zero-order chi connectivity index (χ0) is 13.8. The van der Waals surface area contributed by atoms with Crippen molar-refractivity contribution in [1.29, 1.82) is 0 Å². The molecule has 0 N–H and O–H groups in total. The van der Waals surface area contributed by atoms with E-state index in [1.807, 2.05) is 12.2 Å². The minimum absolute atomic E-state index is 0.905. The summed E-state index contributed by atoms with van der Waals surface area (Å²) in [7, 11) is -0.905. The van der Waals surface area contributed by atoms with Gasteiger partial charge in [-0.2, -0.15) is 10.0 Å². The second-order valence-corrected chi connectivity index (χ2v) is 8.63. The Balaban J connectivity index is 3.26. The molecule has 1 aromatic carbocycles. The fourth-order valence-electron chi connectivity index (χ4n) is 2.03. The molecule has 1 rings (SSSR count). The van der Waals surface area contributed by atoms with E-state index in [9.17, 15) is 0 Å². The van der Waals surface area contributed by atoms with Crippen LogP contribution in [-0.2, 0) is 0 Å². The summed E-state index contributed by atoms with van der Waals surface area (Å²) >= 11 is 0. The molecule has 0 heterocycles. The Morgan fingerprint density at radius 1 is 1.17 bits per heavy atom. The van der Waals surface area contributed by atoms with Gasteiger partial charge >= 0.3 is 0 Å². The zero-order valence-electron chi connectivity index (χ0n) is 12.2. The molecule has 0 aliphatic carbocycles. The second-order valence-electron chi connectivity index (χ2n) is 4.93. The van der Waals surface area contributed by atoms with Crippen molar-refractivity contribution in [2.24, 2.45) is 0 Å². The molecule has 0 radical (unpaired) electrons. The molecule has 1 heteroatoms. The molecule has 0 nitrogen and oxygen atoms in total. The predicted molar refractivity (Wildman–Crippen MR) is 86.6 cm³/mol. The number of benzene rings is 1. The quantitative estimate of drug-likeness (QED) is 0.631. The topological polar surface area (TPSA) is 0 Å². The monoisotopic (exact) mass is 260 g/mol. The van der Waals surface area contributed by atoms with Gasteiger partial charge in [0, 0.05) is 0 Å². The molecule has 1 aromatic rings. The van der Waals surface area contributed by atoms with Crippen LogP contribution in [0.4, 0.5) is 0 Å². The van der Waals surface area contributed by atoms with Gasteiger partial charge in [-0.25, -0.2) is 0 Å². The van der Waals surface area contributed by atoms with Crippen molar-refractivity contribution < 1.29 is 0 Å². The normalized spacial score (nSPS) is 14.5. The van der Waals surface area contributed by atoms with Crippen LogP contribution < -0.4 is 0 Å². The third-order valence-electron chi connectivity index (χ3n) is 3.45. The van der Waals surface area contributed by atoms with Crippen molar-refractivity contribution in [3.63, 3.8) is 0 Å². The van der Waals surface area contributed by atoms with Crippen molar-refractivity contribution >= 4 is 10.0 Å². The summed E-state index contributed by atoms with van der Waals surface area (Å²) in [5.41, 5.74) is 2.73. The molecule has 0 aliphatic heterocycles. The van der Waals surface area contributed by atoms with Crippen molar-refractivity contribution in [3.05, 3.63) is 65.1 Å². The molecule has 0 saturated heterocycles. The maximum Gasteiger partial charge on any atom is -0.00374 e. The molecular weight excluding hydrogens is 236 g/mol. The first-order chi connectivity index (χ1) is 8.41. The summed E-state index contributed by atoms with van der Waals surface area (Å²) in [5, 5.41) is 0. The third-order valence-corrected chi connectivity index (χ3v) is 6.86. The van der Waals surface area contributed by atoms with E-state index in [1.165, 1.54) is 20.9 Å². The van der Waals surface area contributed by atoms with Gasteiger partial charge in [-0.15, -0.1) is 0 Å². The molecule has 18 heavy (non-hydrogen) atoms. The number of allylic oxidation sites excluding steroid dienone is 5. The Labute approximate surface area is 113 Å². The maximum atomic E-state index is 3.72. The Hall–Kier alpha value is -1.21. The highest BCUT2D eigenvalue weighted by molar-refractivity contribution is 8.35. The van der Waals surface area contributed by atoms with Crippen LogP contribution in [0.1, 0.15) is 19.4 Å². The van der Waals surface area contributed by atoms with Crippen LogP contribution in [0.2, 0.25) is 0 Å². The SMILES string of the molecule is C=C/C=C\C(C)=C(/C)S(C)(C)c1ccccc1C. The molecule has 0 fully saturated rings. The summed E-state index contributed by atoms with van der Waals surface area (Å²) in [6, 6.07) is 8.71. The Morgan fingerprint density at radius 3 is 2.33 bits per heavy atom. The van der Waals surface area contributed by atoms with Crippen LogP contribution in [0.15, 0.2) is 64.4 Å². The van der Waals surface area contributed by atoms with Crippen LogP contribution in [0.5, 0.6) is 0 Å². The number of rotatable bonds is 4. The van der Waals surface area contributed by atoms with E-state index in [-0.39, 0.29) is 0 Å². The Morgan fingerprint density at radius 2 is 1.78 bits per heavy atom. The Kier molecular flexibility index (Phi) is 5.03. The van der Waals surface area contributed by atoms with Crippen molar-refractivity contribution in [1.82, 2.24) is 0 Å². The van der Waals surface area contributed by atoms with Crippen molar-refractivity contribution in [3.8, 4) is 0 Å². The highest BCUT2D eigenvalue weighted by atomic mass is 32.3. The first-order valence-corrected chi connectivity index (χ1v) is 8.62. The Bertz CT molecular complexity index is 490. The average molecular weight is 260 g/mol. The first-order valence-electron chi connectivity index (χ1n) is 6.17. The second kappa shape index (κ2) is 6.10. The van der Waals surface area contributed by atoms with E-state index in [0.29, 0.717) is 0 Å². The molecule has 0 amide bonds. The van der Waals surface area contributed by atoms with Gasteiger partial charge in [0.1, 0.15) is 0 Å². The molecule has 0 bridgehead atoms. The number of hydrogen-bond acceptors (Lipinski definition) is 0. The van der Waals surface area contributed by atoms with Crippen molar-refractivity contribution in [2.75, 3.05) is 12.5 Å². The molecule has 0 unspecified atom stereocenters. The highest BCUT2D eigenvalue weighted by Crippen LogP contribution is 2.58. The largest absolute Gasteiger partial charge is 0.197 e. The van der Waals surface area contributed by atoms with E-state index in [2.05, 4.69) is 70.2 Å². The number of hydrogen-bond donors (Lipinski definition) is 0. The van der Waals surface area contributed by atoms with Gasteiger partial charge in [0.2, 0.25) is 0 Å². The fraction of sp³-hybridized carbons (Fsp3) is 0.294. The van der Waals surface area contributed by atoms with Gasteiger partial charge in [0.05, 0.1) is 0 Å². The van der Waals surface area contributed by atoms with E-state index >= 15 is 0 Å². The standard InChI is InChI=1S/C17H24S/c1-7-8-11-14(2)16(4)18(5,6)17-13-10-9-12-15(17)3/h7-13H,1H2,2-6H3/b11-8-,16-14+. The summed E-state index contributed by atoms with van der Waals surface area (Å²) in [5.74, 6) is 0. The van der Waals surface area contributed by atoms with Gasteiger partial charge in [0.15, 0.2) is 0 Å². The van der Waals surface area contributed by atoms with E-state index in [4.69, 9.17) is 0 Å². The van der Waals surface area contributed by atoms with E-state index in [1.54, 1.807) is 0 Å². The minimum Gasteiger partial charge on any atom is -0.197 e. The lowest BCUT2D eigenvalue weighted by Crippen LogP contribution is -2.01. The van der Waals surface area contributed by atoms with Crippen LogP contribution in [0.25, 0.3) is 0 Å². The van der Waals surface area contributed by atoms with Gasteiger partial charge in [0.25, 0.3) is 0 Å². The third kappa shape index (κ3) is 3.17. The first kappa shape index (κ1) is 14.8. The fourth-order valence-corrected chi connectivity index (χ4v) is 4.52. The minimum atomic E-state index is -0.905. The lowest BCUT2D eigenvalue weighted by molar-refractivity contribution is 1.28. The molecule has 0 aromatic heterocycles. The van der Waals surface area contributed by atoms with E-state index < -0.39 is 10.0 Å². The molecule has 98 valence electrons. The average Bonchev–Trinajstić information content (AvgIpc) is 2.35. The van der Waals surface area contributed by atoms with Gasteiger partial charge < -0.3 is 0 Å². The van der Waals surface area contributed by atoms with Crippen LogP contribution in [0.3, 0.4) is 0 Å². The predicted octanol–water partition coefficient (Wildman–Crippen LogP) is 5.45. The molecular formula is C17H24S. The smallest absolute Gasteiger partial charge is 0.00374 e. The lowest BCUT2D eigenvalue weighted by atomic mass is 10.2. The number of aryl methyl sites for hydroxylation is 1. The summed E-state index contributed by atoms with van der Waals surface area (Å²) in [6.45, 7) is 10.4. The van der Waals surface area contributed by atoms with Crippen LogP contribution >= 0.6 is 10.0 Å².